The average Bonchev–Trinajstić information content (AvgIpc) is 3.42. The molecule has 1 fully saturated rings. The number of aromatic nitrogens is 2. The van der Waals surface area contributed by atoms with Crippen LogP contribution in [0.2, 0.25) is 0 Å². The van der Waals surface area contributed by atoms with Gasteiger partial charge >= 0.3 is 0 Å². The van der Waals surface area contributed by atoms with Crippen molar-refractivity contribution in [3.63, 3.8) is 0 Å². The summed E-state index contributed by atoms with van der Waals surface area (Å²) < 4.78 is 26.7. The Morgan fingerprint density at radius 2 is 1.96 bits per heavy atom. The Bertz CT molecular complexity index is 749. The number of aliphatic hydroxyl groups is 2. The van der Waals surface area contributed by atoms with Gasteiger partial charge in [-0.15, -0.1) is 0 Å². The Labute approximate surface area is 136 Å². The van der Waals surface area contributed by atoms with Gasteiger partial charge in [-0.05, 0) is 31.0 Å². The van der Waals surface area contributed by atoms with Gasteiger partial charge in [0.25, 0.3) is 0 Å². The summed E-state index contributed by atoms with van der Waals surface area (Å²) in [6, 6.07) is 3.33. The molecule has 0 spiro atoms. The molecule has 1 heterocycles. The predicted octanol–water partition coefficient (Wildman–Crippen LogP) is 1.71. The van der Waals surface area contributed by atoms with E-state index in [1.165, 1.54) is 18.5 Å². The van der Waals surface area contributed by atoms with E-state index in [0.717, 1.165) is 25.0 Å². The van der Waals surface area contributed by atoms with Crippen LogP contribution in [0.1, 0.15) is 35.9 Å². The fourth-order valence-corrected chi connectivity index (χ4v) is 1.90. The Kier molecular flexibility index (Phi) is 4.77. The third-order valence-electron chi connectivity index (χ3n) is 3.45. The first kappa shape index (κ1) is 16.4. The van der Waals surface area contributed by atoms with Crippen LogP contribution in [0.5, 0.6) is 0 Å². The van der Waals surface area contributed by atoms with Gasteiger partial charge in [-0.3, -0.25) is 0 Å². The largest absolute Gasteiger partial charge is 0.393 e. The maximum absolute atomic E-state index is 13.5. The molecule has 1 atom stereocenters. The minimum Gasteiger partial charge on any atom is -0.393 e. The lowest BCUT2D eigenvalue weighted by molar-refractivity contribution is 0.0950. The van der Waals surface area contributed by atoms with E-state index in [0.29, 0.717) is 5.56 Å². The van der Waals surface area contributed by atoms with Crippen LogP contribution < -0.4 is 0 Å². The molecule has 3 rings (SSSR count). The fraction of sp³-hybridized carbons (Fsp3) is 0.312. The summed E-state index contributed by atoms with van der Waals surface area (Å²) >= 11 is 0. The lowest BCUT2D eigenvalue weighted by Gasteiger charge is -2.09. The van der Waals surface area contributed by atoms with Crippen molar-refractivity contribution >= 4 is 5.71 Å². The second-order valence-electron chi connectivity index (χ2n) is 5.41. The van der Waals surface area contributed by atoms with Crippen LogP contribution in [0.3, 0.4) is 0 Å². The molecule has 24 heavy (non-hydrogen) atoms. The molecular formula is C16H15F2N3O3. The van der Waals surface area contributed by atoms with Gasteiger partial charge in [-0.2, -0.15) is 0 Å². The van der Waals surface area contributed by atoms with Crippen LogP contribution in [0.25, 0.3) is 0 Å². The second kappa shape index (κ2) is 6.98. The summed E-state index contributed by atoms with van der Waals surface area (Å²) in [6.45, 7) is -0.461. The molecule has 1 aromatic carbocycles. The molecular weight excluding hydrogens is 320 g/mol. The number of aliphatic hydroxyl groups excluding tert-OH is 2. The maximum atomic E-state index is 13.5. The van der Waals surface area contributed by atoms with Crippen LogP contribution in [0.15, 0.2) is 35.7 Å². The van der Waals surface area contributed by atoms with Crippen molar-refractivity contribution in [3.05, 3.63) is 59.2 Å². The van der Waals surface area contributed by atoms with E-state index in [9.17, 15) is 13.9 Å². The Hall–Kier alpha value is -2.45. The molecule has 0 aliphatic heterocycles. The molecule has 0 bridgehead atoms. The number of nitrogens with zero attached hydrogens (tertiary/aromatic N) is 3. The zero-order chi connectivity index (χ0) is 17.1. The van der Waals surface area contributed by atoms with Crippen molar-refractivity contribution in [1.82, 2.24) is 9.97 Å². The molecule has 0 amide bonds. The van der Waals surface area contributed by atoms with Crippen LogP contribution in [0.4, 0.5) is 8.78 Å². The summed E-state index contributed by atoms with van der Waals surface area (Å²) in [5.41, 5.74) is 0.754. The van der Waals surface area contributed by atoms with E-state index in [4.69, 9.17) is 9.94 Å². The van der Waals surface area contributed by atoms with E-state index in [-0.39, 0.29) is 23.2 Å². The van der Waals surface area contributed by atoms with Gasteiger partial charge in [-0.25, -0.2) is 18.7 Å². The molecule has 8 heteroatoms. The molecule has 2 N–H and O–H groups in total. The number of hydrogen-bond acceptors (Lipinski definition) is 6. The van der Waals surface area contributed by atoms with Crippen LogP contribution in [-0.4, -0.2) is 38.6 Å². The number of rotatable bonds is 6. The van der Waals surface area contributed by atoms with E-state index in [1.807, 2.05) is 0 Å². The fourth-order valence-electron chi connectivity index (χ4n) is 1.90. The summed E-state index contributed by atoms with van der Waals surface area (Å²) in [5, 5.41) is 22.5. The third kappa shape index (κ3) is 3.72. The van der Waals surface area contributed by atoms with E-state index in [1.54, 1.807) is 0 Å². The molecule has 0 radical (unpaired) electrons. The summed E-state index contributed by atoms with van der Waals surface area (Å²) in [5.74, 6) is -1.85. The minimum atomic E-state index is -1.09. The van der Waals surface area contributed by atoms with Crippen molar-refractivity contribution in [2.75, 3.05) is 6.61 Å². The first-order chi connectivity index (χ1) is 11.6. The second-order valence-corrected chi connectivity index (χ2v) is 5.41. The highest BCUT2D eigenvalue weighted by Crippen LogP contribution is 2.24. The van der Waals surface area contributed by atoms with E-state index >= 15 is 0 Å². The van der Waals surface area contributed by atoms with Gasteiger partial charge in [-0.1, -0.05) is 5.16 Å². The molecule has 1 aliphatic carbocycles. The van der Waals surface area contributed by atoms with Gasteiger partial charge in [0.2, 0.25) is 0 Å². The van der Waals surface area contributed by atoms with Crippen LogP contribution in [0, 0.1) is 11.6 Å². The molecule has 1 saturated carbocycles. The highest BCUT2D eigenvalue weighted by atomic mass is 19.2. The Morgan fingerprint density at radius 3 is 2.54 bits per heavy atom. The van der Waals surface area contributed by atoms with Gasteiger partial charge in [0.1, 0.15) is 12.2 Å². The Morgan fingerprint density at radius 1 is 1.25 bits per heavy atom. The first-order valence-electron chi connectivity index (χ1n) is 7.39. The molecule has 2 aromatic rings. The lowest BCUT2D eigenvalue weighted by Crippen LogP contribution is -2.12. The molecule has 126 valence electrons. The number of hydrogen-bond donors (Lipinski definition) is 2. The quantitative estimate of drug-likeness (QED) is 0.620. The lowest BCUT2D eigenvalue weighted by atomic mass is 10.1. The molecule has 1 aromatic heterocycles. The van der Waals surface area contributed by atoms with Crippen molar-refractivity contribution in [1.29, 1.82) is 0 Å². The Balaban J connectivity index is 1.94. The standard InChI is InChI=1S/C16H15F2N3O3/c17-12-4-1-9(5-13(12)18)15(21-24-11-2-3-11)16-19-6-10(7-20-16)14(23)8-22/h1,4-7,11,14,22-23H,2-3,8H2/b21-15-. The molecule has 1 unspecified atom stereocenters. The predicted molar refractivity (Wildman–Crippen MR) is 80.2 cm³/mol. The number of oxime groups is 1. The molecule has 1 aliphatic rings. The zero-order valence-corrected chi connectivity index (χ0v) is 12.6. The SMILES string of the molecule is OCC(O)c1cnc(/C(=N\OC2CC2)c2ccc(F)c(F)c2)nc1. The monoisotopic (exact) mass is 335 g/mol. The smallest absolute Gasteiger partial charge is 0.182 e. The van der Waals surface area contributed by atoms with Crippen LogP contribution >= 0.6 is 0 Å². The van der Waals surface area contributed by atoms with Gasteiger partial charge in [0.15, 0.2) is 23.2 Å². The normalized spacial score (nSPS) is 16.1. The summed E-state index contributed by atoms with van der Waals surface area (Å²) in [7, 11) is 0. The van der Waals surface area contributed by atoms with E-state index < -0.39 is 24.3 Å². The molecule has 0 saturated heterocycles. The minimum absolute atomic E-state index is 0.0146. The average molecular weight is 335 g/mol. The topological polar surface area (TPSA) is 87.8 Å². The third-order valence-corrected chi connectivity index (χ3v) is 3.45. The summed E-state index contributed by atoms with van der Waals surface area (Å²) in [6.07, 6.45) is 3.35. The van der Waals surface area contributed by atoms with Gasteiger partial charge in [0, 0.05) is 23.5 Å². The first-order valence-corrected chi connectivity index (χ1v) is 7.39. The number of halogens is 2. The van der Waals surface area contributed by atoms with Gasteiger partial charge in [0.05, 0.1) is 6.61 Å². The summed E-state index contributed by atoms with van der Waals surface area (Å²) in [4.78, 5) is 13.4. The van der Waals surface area contributed by atoms with E-state index in [2.05, 4.69) is 15.1 Å². The zero-order valence-electron chi connectivity index (χ0n) is 12.6. The van der Waals surface area contributed by atoms with Crippen molar-refractivity contribution in [3.8, 4) is 0 Å². The highest BCUT2D eigenvalue weighted by molar-refractivity contribution is 6.10. The van der Waals surface area contributed by atoms with Crippen molar-refractivity contribution < 1.29 is 23.8 Å². The van der Waals surface area contributed by atoms with Gasteiger partial charge < -0.3 is 15.1 Å². The highest BCUT2D eigenvalue weighted by Gasteiger charge is 2.24. The maximum Gasteiger partial charge on any atom is 0.182 e. The van der Waals surface area contributed by atoms with Crippen LogP contribution in [-0.2, 0) is 4.84 Å². The number of benzene rings is 1. The van der Waals surface area contributed by atoms with Crippen molar-refractivity contribution in [2.45, 2.75) is 25.0 Å². The van der Waals surface area contributed by atoms with Crippen molar-refractivity contribution in [2.24, 2.45) is 5.16 Å². The molecule has 6 nitrogen and oxygen atoms in total.